The van der Waals surface area contributed by atoms with Crippen molar-refractivity contribution >= 4 is 0 Å². The molecule has 0 saturated carbocycles. The number of fused-ring (bicyclic) bond motifs is 1. The van der Waals surface area contributed by atoms with E-state index in [2.05, 4.69) is 12.4 Å². The van der Waals surface area contributed by atoms with Crippen LogP contribution in [0.5, 0.6) is 11.5 Å². The maximum absolute atomic E-state index is 5.75. The van der Waals surface area contributed by atoms with Gasteiger partial charge in [-0.2, -0.15) is 5.48 Å². The van der Waals surface area contributed by atoms with E-state index in [1.807, 2.05) is 12.1 Å². The molecule has 0 bridgehead atoms. The number of ether oxygens (including phenoxy) is 3. The number of rotatable bonds is 7. The van der Waals surface area contributed by atoms with Gasteiger partial charge < -0.3 is 14.2 Å². The molecule has 1 aromatic carbocycles. The maximum atomic E-state index is 5.75. The quantitative estimate of drug-likeness (QED) is 0.602. The van der Waals surface area contributed by atoms with Crippen LogP contribution in [0, 0.1) is 0 Å². The molecule has 1 unspecified atom stereocenters. The van der Waals surface area contributed by atoms with Crippen LogP contribution in [0.2, 0.25) is 0 Å². The van der Waals surface area contributed by atoms with Crippen LogP contribution in [-0.2, 0) is 22.5 Å². The Kier molecular flexibility index (Phi) is 5.01. The first kappa shape index (κ1) is 14.1. The van der Waals surface area contributed by atoms with Crippen LogP contribution in [-0.4, -0.2) is 33.5 Å². The fourth-order valence-corrected chi connectivity index (χ4v) is 2.14. The maximum Gasteiger partial charge on any atom is 0.123 e. The first-order valence-electron chi connectivity index (χ1n) is 6.44. The van der Waals surface area contributed by atoms with Gasteiger partial charge in [0.2, 0.25) is 0 Å². The predicted octanol–water partition coefficient (Wildman–Crippen LogP) is 1.69. The van der Waals surface area contributed by atoms with Crippen molar-refractivity contribution in [3.63, 3.8) is 0 Å². The molecule has 19 heavy (non-hydrogen) atoms. The highest BCUT2D eigenvalue weighted by Crippen LogP contribution is 2.34. The summed E-state index contributed by atoms with van der Waals surface area (Å²) < 4.78 is 16.1. The van der Waals surface area contributed by atoms with Crippen molar-refractivity contribution in [2.24, 2.45) is 0 Å². The molecule has 2 rings (SSSR count). The van der Waals surface area contributed by atoms with Crippen molar-refractivity contribution in [1.29, 1.82) is 0 Å². The van der Waals surface area contributed by atoms with Crippen LogP contribution < -0.4 is 15.0 Å². The fraction of sp³-hybridized carbons (Fsp3) is 0.571. The Bertz CT molecular complexity index is 422. The van der Waals surface area contributed by atoms with Crippen molar-refractivity contribution in [1.82, 2.24) is 5.48 Å². The minimum absolute atomic E-state index is 0.237. The molecular weight excluding hydrogens is 246 g/mol. The molecule has 1 heterocycles. The van der Waals surface area contributed by atoms with E-state index in [1.54, 1.807) is 14.2 Å². The van der Waals surface area contributed by atoms with Gasteiger partial charge in [-0.05, 0) is 19.1 Å². The molecule has 5 heteroatoms. The predicted molar refractivity (Wildman–Crippen MR) is 71.5 cm³/mol. The van der Waals surface area contributed by atoms with Crippen LogP contribution in [0.1, 0.15) is 18.1 Å². The largest absolute Gasteiger partial charge is 0.496 e. The van der Waals surface area contributed by atoms with Gasteiger partial charge >= 0.3 is 0 Å². The van der Waals surface area contributed by atoms with E-state index in [1.165, 1.54) is 5.56 Å². The van der Waals surface area contributed by atoms with Crippen molar-refractivity contribution in [2.45, 2.75) is 26.0 Å². The summed E-state index contributed by atoms with van der Waals surface area (Å²) in [4.78, 5) is 5.25. The smallest absolute Gasteiger partial charge is 0.123 e. The molecule has 0 aromatic heterocycles. The zero-order valence-electron chi connectivity index (χ0n) is 11.7. The van der Waals surface area contributed by atoms with E-state index in [0.29, 0.717) is 19.8 Å². The summed E-state index contributed by atoms with van der Waals surface area (Å²) in [5.41, 5.74) is 5.12. The lowest BCUT2D eigenvalue weighted by Crippen LogP contribution is -2.17. The molecule has 0 radical (unpaired) electrons. The van der Waals surface area contributed by atoms with E-state index in [9.17, 15) is 0 Å². The molecule has 1 aliphatic heterocycles. The van der Waals surface area contributed by atoms with Crippen LogP contribution >= 0.6 is 0 Å². The Morgan fingerprint density at radius 3 is 2.89 bits per heavy atom. The number of methoxy groups -OCH3 is 2. The summed E-state index contributed by atoms with van der Waals surface area (Å²) in [6.45, 7) is 3.71. The van der Waals surface area contributed by atoms with Crippen molar-refractivity contribution < 1.29 is 19.0 Å². The van der Waals surface area contributed by atoms with E-state index in [-0.39, 0.29) is 6.10 Å². The average Bonchev–Trinajstić information content (AvgIpc) is 2.76. The van der Waals surface area contributed by atoms with Gasteiger partial charge in [-0.1, -0.05) is 0 Å². The molecule has 106 valence electrons. The second-order valence-electron chi connectivity index (χ2n) is 4.57. The van der Waals surface area contributed by atoms with Crippen molar-refractivity contribution in [3.8, 4) is 11.5 Å². The highest BCUT2D eigenvalue weighted by molar-refractivity contribution is 5.48. The Hall–Kier alpha value is -1.30. The second kappa shape index (κ2) is 6.75. The molecule has 0 saturated heterocycles. The van der Waals surface area contributed by atoms with Gasteiger partial charge in [-0.3, -0.25) is 4.84 Å². The second-order valence-corrected chi connectivity index (χ2v) is 4.57. The molecular formula is C14H21NO4. The topological polar surface area (TPSA) is 49.0 Å². The van der Waals surface area contributed by atoms with E-state index in [4.69, 9.17) is 19.0 Å². The van der Waals surface area contributed by atoms with E-state index in [0.717, 1.165) is 23.5 Å². The normalized spacial score (nSPS) is 17.1. The minimum Gasteiger partial charge on any atom is -0.496 e. The van der Waals surface area contributed by atoms with Gasteiger partial charge in [0.1, 0.15) is 17.6 Å². The third-order valence-corrected chi connectivity index (χ3v) is 3.05. The highest BCUT2D eigenvalue weighted by Gasteiger charge is 2.21. The summed E-state index contributed by atoms with van der Waals surface area (Å²) in [5, 5.41) is 0. The summed E-state index contributed by atoms with van der Waals surface area (Å²) >= 11 is 0. The molecule has 0 spiro atoms. The van der Waals surface area contributed by atoms with Gasteiger partial charge in [-0.15, -0.1) is 0 Å². The van der Waals surface area contributed by atoms with Crippen LogP contribution in [0.4, 0.5) is 0 Å². The Morgan fingerprint density at radius 2 is 2.16 bits per heavy atom. The lowest BCUT2D eigenvalue weighted by molar-refractivity contribution is 0.00320. The molecule has 0 fully saturated rings. The zero-order valence-corrected chi connectivity index (χ0v) is 11.7. The standard InChI is InChI=1S/C14H21NO4/c1-10-6-11-7-13(17-3)12(8-14(11)19-10)9-15-18-5-4-16-2/h7-8,10,15H,4-6,9H2,1-3H3. The van der Waals surface area contributed by atoms with Crippen LogP contribution in [0.3, 0.4) is 0 Å². The average molecular weight is 267 g/mol. The van der Waals surface area contributed by atoms with Crippen molar-refractivity contribution in [2.75, 3.05) is 27.4 Å². The first-order chi connectivity index (χ1) is 9.24. The number of hydroxylamine groups is 1. The lowest BCUT2D eigenvalue weighted by atomic mass is 10.1. The molecule has 1 N–H and O–H groups in total. The molecule has 1 atom stereocenters. The third kappa shape index (κ3) is 3.59. The Labute approximate surface area is 113 Å². The summed E-state index contributed by atoms with van der Waals surface area (Å²) in [7, 11) is 3.32. The van der Waals surface area contributed by atoms with Gasteiger partial charge in [0.05, 0.1) is 20.3 Å². The van der Waals surface area contributed by atoms with Gasteiger partial charge in [-0.25, -0.2) is 0 Å². The number of hydrogen-bond acceptors (Lipinski definition) is 5. The van der Waals surface area contributed by atoms with E-state index < -0.39 is 0 Å². The molecule has 1 aliphatic rings. The van der Waals surface area contributed by atoms with Crippen LogP contribution in [0.25, 0.3) is 0 Å². The number of hydrogen-bond donors (Lipinski definition) is 1. The highest BCUT2D eigenvalue weighted by atomic mass is 16.7. The molecule has 1 aromatic rings. The van der Waals surface area contributed by atoms with Gasteiger partial charge in [0, 0.05) is 31.2 Å². The summed E-state index contributed by atoms with van der Waals surface area (Å²) in [6, 6.07) is 4.06. The Morgan fingerprint density at radius 1 is 1.32 bits per heavy atom. The fourth-order valence-electron chi connectivity index (χ4n) is 2.14. The molecule has 0 aliphatic carbocycles. The zero-order chi connectivity index (χ0) is 13.7. The molecule has 0 amide bonds. The summed E-state index contributed by atoms with van der Waals surface area (Å²) in [5.74, 6) is 1.81. The third-order valence-electron chi connectivity index (χ3n) is 3.05. The number of benzene rings is 1. The summed E-state index contributed by atoms with van der Waals surface area (Å²) in [6.07, 6.45) is 1.17. The van der Waals surface area contributed by atoms with Gasteiger partial charge in [0.25, 0.3) is 0 Å². The number of nitrogens with one attached hydrogen (secondary N) is 1. The minimum atomic E-state index is 0.237. The van der Waals surface area contributed by atoms with Crippen molar-refractivity contribution in [3.05, 3.63) is 23.3 Å². The first-order valence-corrected chi connectivity index (χ1v) is 6.44. The Balaban J connectivity index is 1.98. The lowest BCUT2D eigenvalue weighted by Gasteiger charge is -2.12. The van der Waals surface area contributed by atoms with E-state index >= 15 is 0 Å². The molecule has 5 nitrogen and oxygen atoms in total. The van der Waals surface area contributed by atoms with Crippen LogP contribution in [0.15, 0.2) is 12.1 Å². The SMILES string of the molecule is COCCONCc1cc2c(cc1OC)CC(C)O2. The van der Waals surface area contributed by atoms with Gasteiger partial charge in [0.15, 0.2) is 0 Å². The monoisotopic (exact) mass is 267 g/mol.